The zero-order valence-electron chi connectivity index (χ0n) is 16.8. The van der Waals surface area contributed by atoms with Gasteiger partial charge in [-0.1, -0.05) is 36.4 Å². The number of aromatic nitrogens is 1. The number of carbonyl (C=O) groups is 1. The normalized spacial score (nSPS) is 17.9. The number of rotatable bonds is 5. The molecule has 0 unspecified atom stereocenters. The van der Waals surface area contributed by atoms with Gasteiger partial charge in [0.15, 0.2) is 0 Å². The summed E-state index contributed by atoms with van der Waals surface area (Å²) in [5.41, 5.74) is 2.36. The van der Waals surface area contributed by atoms with Crippen LogP contribution in [0.4, 0.5) is 10.6 Å². The molecule has 2 saturated heterocycles. The van der Waals surface area contributed by atoms with Crippen LogP contribution in [0.1, 0.15) is 11.1 Å². The first-order chi connectivity index (χ1) is 14.3. The lowest BCUT2D eigenvalue weighted by molar-refractivity contribution is 0.122. The van der Waals surface area contributed by atoms with Crippen molar-refractivity contribution in [3.05, 3.63) is 59.8 Å². The smallest absolute Gasteiger partial charge is 0.317 e. The summed E-state index contributed by atoms with van der Waals surface area (Å²) in [5.74, 6) is 0.948. The summed E-state index contributed by atoms with van der Waals surface area (Å²) in [4.78, 5) is 23.7. The standard InChI is InChI=1S/C22H29N5O2/c28-22(27-11-9-25(10-12-27)18-19-5-2-1-3-6-19)24-17-20-7-4-8-23-21(20)26-13-15-29-16-14-26/h1-8H,9-18H2,(H,24,28). The third-order valence-electron chi connectivity index (χ3n) is 5.52. The summed E-state index contributed by atoms with van der Waals surface area (Å²) in [7, 11) is 0. The zero-order valence-corrected chi connectivity index (χ0v) is 16.8. The first kappa shape index (κ1) is 19.7. The van der Waals surface area contributed by atoms with Crippen molar-refractivity contribution in [3.63, 3.8) is 0 Å². The van der Waals surface area contributed by atoms with Crippen LogP contribution in [0.15, 0.2) is 48.7 Å². The summed E-state index contributed by atoms with van der Waals surface area (Å²) in [6.07, 6.45) is 1.81. The number of carbonyl (C=O) groups excluding carboxylic acids is 1. The maximum Gasteiger partial charge on any atom is 0.317 e. The van der Waals surface area contributed by atoms with Crippen molar-refractivity contribution in [2.24, 2.45) is 0 Å². The largest absolute Gasteiger partial charge is 0.378 e. The van der Waals surface area contributed by atoms with Gasteiger partial charge in [-0.2, -0.15) is 0 Å². The second-order valence-corrected chi connectivity index (χ2v) is 7.49. The highest BCUT2D eigenvalue weighted by molar-refractivity contribution is 5.74. The number of nitrogens with one attached hydrogen (secondary N) is 1. The maximum atomic E-state index is 12.7. The van der Waals surface area contributed by atoms with Gasteiger partial charge < -0.3 is 19.9 Å². The van der Waals surface area contributed by atoms with Crippen LogP contribution in [0.3, 0.4) is 0 Å². The molecule has 7 heteroatoms. The molecule has 2 fully saturated rings. The number of hydrogen-bond donors (Lipinski definition) is 1. The molecule has 29 heavy (non-hydrogen) atoms. The van der Waals surface area contributed by atoms with Crippen LogP contribution in [0.25, 0.3) is 0 Å². The van der Waals surface area contributed by atoms with Gasteiger partial charge in [-0.15, -0.1) is 0 Å². The van der Waals surface area contributed by atoms with Crippen molar-refractivity contribution in [2.75, 3.05) is 57.4 Å². The Morgan fingerprint density at radius 1 is 0.966 bits per heavy atom. The molecular weight excluding hydrogens is 366 g/mol. The number of benzene rings is 1. The second kappa shape index (κ2) is 9.71. The number of ether oxygens (including phenoxy) is 1. The molecule has 7 nitrogen and oxygen atoms in total. The van der Waals surface area contributed by atoms with Crippen LogP contribution in [0, 0.1) is 0 Å². The minimum absolute atomic E-state index is 0.00106. The van der Waals surface area contributed by atoms with Gasteiger partial charge in [-0.05, 0) is 11.6 Å². The molecule has 0 spiro atoms. The van der Waals surface area contributed by atoms with Gasteiger partial charge in [0.2, 0.25) is 0 Å². The Morgan fingerprint density at radius 3 is 2.48 bits per heavy atom. The molecule has 2 aliphatic rings. The van der Waals surface area contributed by atoms with Crippen LogP contribution < -0.4 is 10.2 Å². The van der Waals surface area contributed by atoms with Gasteiger partial charge in [0, 0.05) is 64.1 Å². The highest BCUT2D eigenvalue weighted by Crippen LogP contribution is 2.18. The van der Waals surface area contributed by atoms with Gasteiger partial charge >= 0.3 is 6.03 Å². The Balaban J connectivity index is 1.26. The summed E-state index contributed by atoms with van der Waals surface area (Å²) in [6.45, 7) is 7.83. The van der Waals surface area contributed by atoms with Crippen molar-refractivity contribution in [3.8, 4) is 0 Å². The molecule has 0 saturated carbocycles. The minimum atomic E-state index is 0.00106. The number of morpholine rings is 1. The average Bonchev–Trinajstić information content (AvgIpc) is 2.79. The van der Waals surface area contributed by atoms with E-state index >= 15 is 0 Å². The van der Waals surface area contributed by atoms with Gasteiger partial charge in [-0.25, -0.2) is 9.78 Å². The molecule has 154 valence electrons. The molecule has 4 rings (SSSR count). The van der Waals surface area contributed by atoms with Crippen LogP contribution in [0.2, 0.25) is 0 Å². The third kappa shape index (κ3) is 5.25. The van der Waals surface area contributed by atoms with Crippen LogP contribution in [0.5, 0.6) is 0 Å². The number of nitrogens with zero attached hydrogens (tertiary/aromatic N) is 4. The van der Waals surface area contributed by atoms with Crippen LogP contribution in [-0.4, -0.2) is 73.3 Å². The van der Waals surface area contributed by atoms with Crippen molar-refractivity contribution in [2.45, 2.75) is 13.1 Å². The average molecular weight is 396 g/mol. The molecule has 3 heterocycles. The Morgan fingerprint density at radius 2 is 1.72 bits per heavy atom. The Hall–Kier alpha value is -2.64. The molecule has 1 aromatic heterocycles. The van der Waals surface area contributed by atoms with E-state index in [1.807, 2.05) is 29.3 Å². The summed E-state index contributed by atoms with van der Waals surface area (Å²) >= 11 is 0. The molecule has 0 atom stereocenters. The van der Waals surface area contributed by atoms with Crippen molar-refractivity contribution >= 4 is 11.8 Å². The summed E-state index contributed by atoms with van der Waals surface area (Å²) in [5, 5.41) is 3.08. The van der Waals surface area contributed by atoms with E-state index in [-0.39, 0.29) is 6.03 Å². The number of amides is 2. The Kier molecular flexibility index (Phi) is 6.59. The highest BCUT2D eigenvalue weighted by atomic mass is 16.5. The number of urea groups is 1. The Bertz CT molecular complexity index is 787. The first-order valence-corrected chi connectivity index (χ1v) is 10.4. The third-order valence-corrected chi connectivity index (χ3v) is 5.52. The Labute approximate surface area is 172 Å². The molecule has 0 radical (unpaired) electrons. The monoisotopic (exact) mass is 395 g/mol. The molecule has 2 amide bonds. The van der Waals surface area contributed by atoms with Gasteiger partial charge in [0.05, 0.1) is 13.2 Å². The molecule has 2 aliphatic heterocycles. The molecule has 0 aliphatic carbocycles. The van der Waals surface area contributed by atoms with E-state index in [1.165, 1.54) is 5.56 Å². The summed E-state index contributed by atoms with van der Waals surface area (Å²) < 4.78 is 5.43. The fraction of sp³-hybridized carbons (Fsp3) is 0.455. The lowest BCUT2D eigenvalue weighted by Crippen LogP contribution is -2.51. The lowest BCUT2D eigenvalue weighted by atomic mass is 10.2. The lowest BCUT2D eigenvalue weighted by Gasteiger charge is -2.35. The quantitative estimate of drug-likeness (QED) is 0.839. The van der Waals surface area contributed by atoms with E-state index < -0.39 is 0 Å². The van der Waals surface area contributed by atoms with Crippen LogP contribution in [-0.2, 0) is 17.8 Å². The topological polar surface area (TPSA) is 60.9 Å². The van der Waals surface area contributed by atoms with Crippen molar-refractivity contribution < 1.29 is 9.53 Å². The van der Waals surface area contributed by atoms with Crippen molar-refractivity contribution in [1.82, 2.24) is 20.1 Å². The van der Waals surface area contributed by atoms with E-state index in [4.69, 9.17) is 4.74 Å². The van der Waals surface area contributed by atoms with E-state index in [0.29, 0.717) is 6.54 Å². The van der Waals surface area contributed by atoms with E-state index in [1.54, 1.807) is 0 Å². The molecule has 1 N–H and O–H groups in total. The predicted octanol–water partition coefficient (Wildman–Crippen LogP) is 1.95. The fourth-order valence-electron chi connectivity index (χ4n) is 3.86. The van der Waals surface area contributed by atoms with Gasteiger partial charge in [-0.3, -0.25) is 4.90 Å². The van der Waals surface area contributed by atoms with Gasteiger partial charge in [0.1, 0.15) is 5.82 Å². The van der Waals surface area contributed by atoms with Gasteiger partial charge in [0.25, 0.3) is 0 Å². The number of hydrogen-bond acceptors (Lipinski definition) is 5. The number of piperazine rings is 1. The zero-order chi connectivity index (χ0) is 19.9. The summed E-state index contributed by atoms with van der Waals surface area (Å²) in [6, 6.07) is 14.5. The second-order valence-electron chi connectivity index (χ2n) is 7.49. The minimum Gasteiger partial charge on any atom is -0.378 e. The first-order valence-electron chi connectivity index (χ1n) is 10.4. The molecular formula is C22H29N5O2. The molecule has 1 aromatic carbocycles. The van der Waals surface area contributed by atoms with E-state index in [2.05, 4.69) is 44.4 Å². The van der Waals surface area contributed by atoms with Crippen LogP contribution >= 0.6 is 0 Å². The molecule has 2 aromatic rings. The van der Waals surface area contributed by atoms with E-state index in [9.17, 15) is 4.79 Å². The predicted molar refractivity (Wildman–Crippen MR) is 113 cm³/mol. The number of anilines is 1. The highest BCUT2D eigenvalue weighted by Gasteiger charge is 2.22. The van der Waals surface area contributed by atoms with Crippen molar-refractivity contribution in [1.29, 1.82) is 0 Å². The SMILES string of the molecule is O=C(NCc1cccnc1N1CCOCC1)N1CCN(Cc2ccccc2)CC1. The fourth-order valence-corrected chi connectivity index (χ4v) is 3.86. The maximum absolute atomic E-state index is 12.7. The number of pyridine rings is 1. The molecule has 0 bridgehead atoms. The van der Waals surface area contributed by atoms with E-state index in [0.717, 1.165) is 70.4 Å².